The lowest BCUT2D eigenvalue weighted by atomic mass is 10.1. The topological polar surface area (TPSA) is 102 Å². The molecule has 21 heavy (non-hydrogen) atoms. The number of amides is 1. The number of nitrogens with one attached hydrogen (secondary N) is 2. The number of rotatable bonds is 3. The fourth-order valence-corrected chi connectivity index (χ4v) is 1.69. The molecule has 0 unspecified atom stereocenters. The number of nitrogens with zero attached hydrogens (tertiary/aromatic N) is 3. The zero-order valence-electron chi connectivity index (χ0n) is 11.2. The number of carbonyl (C=O) groups is 1. The summed E-state index contributed by atoms with van der Waals surface area (Å²) in [4.78, 5) is 16.1. The second kappa shape index (κ2) is 6.18. The van der Waals surface area contributed by atoms with Gasteiger partial charge >= 0.3 is 0 Å². The van der Waals surface area contributed by atoms with Gasteiger partial charge in [0.25, 0.3) is 5.91 Å². The first kappa shape index (κ1) is 14.0. The summed E-state index contributed by atoms with van der Waals surface area (Å²) in [7, 11) is 1.74. The van der Waals surface area contributed by atoms with E-state index in [9.17, 15) is 4.79 Å². The van der Waals surface area contributed by atoms with Gasteiger partial charge in [-0.15, -0.1) is 0 Å². The normalized spacial score (nSPS) is 9.29. The van der Waals surface area contributed by atoms with Gasteiger partial charge in [0.1, 0.15) is 18.0 Å². The van der Waals surface area contributed by atoms with E-state index in [-0.39, 0.29) is 17.0 Å². The van der Waals surface area contributed by atoms with E-state index in [1.807, 2.05) is 12.1 Å². The van der Waals surface area contributed by atoms with Crippen LogP contribution in [-0.4, -0.2) is 17.9 Å². The molecule has 102 valence electrons. The largest absolute Gasteiger partial charge is 0.373 e. The number of pyridine rings is 1. The van der Waals surface area contributed by atoms with Gasteiger partial charge in [0.05, 0.1) is 16.7 Å². The summed E-state index contributed by atoms with van der Waals surface area (Å²) in [5.41, 5.74) is 1.35. The monoisotopic (exact) mass is 277 g/mol. The fraction of sp³-hybridized carbons (Fsp3) is 0.0667. The first-order chi connectivity index (χ1) is 10.2. The SMILES string of the molecule is CNc1ccc(C(=O)Nc2ccc(C#N)c(C#N)c2)cn1. The smallest absolute Gasteiger partial charge is 0.257 e. The van der Waals surface area contributed by atoms with Crippen molar-refractivity contribution in [1.29, 1.82) is 10.5 Å². The van der Waals surface area contributed by atoms with Gasteiger partial charge in [-0.25, -0.2) is 4.98 Å². The second-order valence-electron chi connectivity index (χ2n) is 4.12. The third kappa shape index (κ3) is 3.14. The molecule has 1 aromatic carbocycles. The number of nitriles is 2. The quantitative estimate of drug-likeness (QED) is 0.894. The Kier molecular flexibility index (Phi) is 4.13. The molecule has 6 heteroatoms. The van der Waals surface area contributed by atoms with Crippen molar-refractivity contribution in [1.82, 2.24) is 4.98 Å². The van der Waals surface area contributed by atoms with Crippen molar-refractivity contribution in [2.24, 2.45) is 0 Å². The first-order valence-corrected chi connectivity index (χ1v) is 6.07. The van der Waals surface area contributed by atoms with Crippen LogP contribution < -0.4 is 10.6 Å². The molecular weight excluding hydrogens is 266 g/mol. The van der Waals surface area contributed by atoms with Crippen molar-refractivity contribution in [2.75, 3.05) is 17.7 Å². The minimum Gasteiger partial charge on any atom is -0.373 e. The zero-order chi connectivity index (χ0) is 15.2. The van der Waals surface area contributed by atoms with Gasteiger partial charge in [0.15, 0.2) is 0 Å². The van der Waals surface area contributed by atoms with Crippen molar-refractivity contribution in [2.45, 2.75) is 0 Å². The zero-order valence-corrected chi connectivity index (χ0v) is 11.2. The summed E-state index contributed by atoms with van der Waals surface area (Å²) in [6.07, 6.45) is 1.45. The number of aromatic nitrogens is 1. The summed E-state index contributed by atoms with van der Waals surface area (Å²) >= 11 is 0. The molecule has 0 atom stereocenters. The predicted molar refractivity (Wildman–Crippen MR) is 77.6 cm³/mol. The van der Waals surface area contributed by atoms with Crippen molar-refractivity contribution in [3.8, 4) is 12.1 Å². The molecule has 1 aromatic heterocycles. The van der Waals surface area contributed by atoms with Gasteiger partial charge < -0.3 is 10.6 Å². The molecule has 0 bridgehead atoms. The van der Waals surface area contributed by atoms with E-state index in [0.717, 1.165) is 0 Å². The van der Waals surface area contributed by atoms with E-state index < -0.39 is 0 Å². The second-order valence-corrected chi connectivity index (χ2v) is 4.12. The van der Waals surface area contributed by atoms with E-state index in [2.05, 4.69) is 15.6 Å². The lowest BCUT2D eigenvalue weighted by Crippen LogP contribution is -2.12. The van der Waals surface area contributed by atoms with Crippen molar-refractivity contribution in [3.63, 3.8) is 0 Å². The minimum absolute atomic E-state index is 0.221. The molecule has 0 saturated heterocycles. The van der Waals surface area contributed by atoms with E-state index in [1.165, 1.54) is 18.3 Å². The first-order valence-electron chi connectivity index (χ1n) is 6.07. The number of hydrogen-bond acceptors (Lipinski definition) is 5. The maximum atomic E-state index is 12.0. The number of benzene rings is 1. The molecule has 1 amide bonds. The van der Waals surface area contributed by atoms with Crippen LogP contribution in [0.1, 0.15) is 21.5 Å². The average Bonchev–Trinajstić information content (AvgIpc) is 2.54. The van der Waals surface area contributed by atoms with Gasteiger partial charge in [-0.05, 0) is 30.3 Å². The molecule has 0 fully saturated rings. The molecule has 0 aliphatic carbocycles. The van der Waals surface area contributed by atoms with E-state index in [4.69, 9.17) is 10.5 Å². The molecule has 0 saturated carbocycles. The number of anilines is 2. The van der Waals surface area contributed by atoms with Crippen LogP contribution in [0.25, 0.3) is 0 Å². The summed E-state index contributed by atoms with van der Waals surface area (Å²) in [6, 6.07) is 11.7. The fourth-order valence-electron chi connectivity index (χ4n) is 1.69. The van der Waals surface area contributed by atoms with Crippen LogP contribution in [0.3, 0.4) is 0 Å². The van der Waals surface area contributed by atoms with Crippen LogP contribution in [0.2, 0.25) is 0 Å². The van der Waals surface area contributed by atoms with Crippen LogP contribution >= 0.6 is 0 Å². The van der Waals surface area contributed by atoms with Crippen LogP contribution in [0, 0.1) is 22.7 Å². The molecule has 2 aromatic rings. The summed E-state index contributed by atoms with van der Waals surface area (Å²) < 4.78 is 0. The molecule has 0 aliphatic rings. The summed E-state index contributed by atoms with van der Waals surface area (Å²) in [5, 5.41) is 23.3. The highest BCUT2D eigenvalue weighted by molar-refractivity contribution is 6.04. The molecule has 0 spiro atoms. The Morgan fingerprint density at radius 2 is 1.90 bits per heavy atom. The number of carbonyl (C=O) groups excluding carboxylic acids is 1. The molecular formula is C15H11N5O. The van der Waals surface area contributed by atoms with Gasteiger partial charge in [0.2, 0.25) is 0 Å². The lowest BCUT2D eigenvalue weighted by Gasteiger charge is -2.06. The maximum absolute atomic E-state index is 12.0. The van der Waals surface area contributed by atoms with Crippen molar-refractivity contribution in [3.05, 3.63) is 53.2 Å². The molecule has 0 radical (unpaired) electrons. The Bertz CT molecular complexity index is 753. The van der Waals surface area contributed by atoms with Gasteiger partial charge in [-0.1, -0.05) is 0 Å². The van der Waals surface area contributed by atoms with Crippen molar-refractivity contribution >= 4 is 17.4 Å². The third-order valence-corrected chi connectivity index (χ3v) is 2.80. The highest BCUT2D eigenvalue weighted by Crippen LogP contribution is 2.16. The summed E-state index contributed by atoms with van der Waals surface area (Å²) in [6.45, 7) is 0. The Morgan fingerprint density at radius 1 is 1.14 bits per heavy atom. The highest BCUT2D eigenvalue weighted by Gasteiger charge is 2.08. The minimum atomic E-state index is -0.334. The predicted octanol–water partition coefficient (Wildman–Crippen LogP) is 2.12. The van der Waals surface area contributed by atoms with Crippen LogP contribution in [0.15, 0.2) is 36.5 Å². The standard InChI is InChI=1S/C15H11N5O/c1-18-14-5-3-11(9-19-14)15(21)20-13-4-2-10(7-16)12(6-13)8-17/h2-6,9H,1H3,(H,18,19)(H,20,21). The average molecular weight is 277 g/mol. The van der Waals surface area contributed by atoms with Crippen LogP contribution in [-0.2, 0) is 0 Å². The lowest BCUT2D eigenvalue weighted by molar-refractivity contribution is 0.102. The van der Waals surface area contributed by atoms with E-state index in [1.54, 1.807) is 25.2 Å². The molecule has 1 heterocycles. The summed E-state index contributed by atoms with van der Waals surface area (Å²) in [5.74, 6) is 0.329. The van der Waals surface area contributed by atoms with E-state index in [0.29, 0.717) is 17.1 Å². The molecule has 2 rings (SSSR count). The van der Waals surface area contributed by atoms with E-state index >= 15 is 0 Å². The van der Waals surface area contributed by atoms with Gasteiger partial charge in [-0.2, -0.15) is 10.5 Å². The molecule has 0 aliphatic heterocycles. The number of hydrogen-bond donors (Lipinski definition) is 2. The Hall–Kier alpha value is -3.38. The molecule has 2 N–H and O–H groups in total. The van der Waals surface area contributed by atoms with Crippen LogP contribution in [0.4, 0.5) is 11.5 Å². The Morgan fingerprint density at radius 3 is 2.48 bits per heavy atom. The highest BCUT2D eigenvalue weighted by atomic mass is 16.1. The Balaban J connectivity index is 2.19. The van der Waals surface area contributed by atoms with Gasteiger partial charge in [-0.3, -0.25) is 4.79 Å². The third-order valence-electron chi connectivity index (χ3n) is 2.80. The maximum Gasteiger partial charge on any atom is 0.257 e. The Labute approximate surface area is 121 Å². The van der Waals surface area contributed by atoms with Gasteiger partial charge in [0, 0.05) is 18.9 Å². The van der Waals surface area contributed by atoms with Crippen molar-refractivity contribution < 1.29 is 4.79 Å². The molecule has 6 nitrogen and oxygen atoms in total. The van der Waals surface area contributed by atoms with Crippen LogP contribution in [0.5, 0.6) is 0 Å².